The molecule has 0 fully saturated rings. The van der Waals surface area contributed by atoms with E-state index in [4.69, 9.17) is 22.1 Å². The average Bonchev–Trinajstić information content (AvgIpc) is 2.04. The molecule has 0 unspecified atom stereocenters. The highest BCUT2D eigenvalue weighted by atomic mass is 35.5. The topological polar surface area (TPSA) is 65.2 Å². The zero-order valence-electron chi connectivity index (χ0n) is 7.08. The highest BCUT2D eigenvalue weighted by molar-refractivity contribution is 6.32. The van der Waals surface area contributed by atoms with E-state index in [-0.39, 0.29) is 16.5 Å². The molecule has 0 radical (unpaired) electrons. The summed E-state index contributed by atoms with van der Waals surface area (Å²) in [5, 5.41) is 0.0680. The summed E-state index contributed by atoms with van der Waals surface area (Å²) in [6, 6.07) is 2.99. The highest BCUT2D eigenvalue weighted by Gasteiger charge is 2.11. The zero-order valence-corrected chi connectivity index (χ0v) is 7.84. The van der Waals surface area contributed by atoms with Gasteiger partial charge in [0.1, 0.15) is 11.0 Å². The summed E-state index contributed by atoms with van der Waals surface area (Å²) in [4.78, 5) is 14.9. The SMILES string of the molecule is CCOC(=O)c1ccc(N)nc1Cl. The maximum absolute atomic E-state index is 11.2. The smallest absolute Gasteiger partial charge is 0.341 e. The van der Waals surface area contributed by atoms with Crippen molar-refractivity contribution in [2.24, 2.45) is 0 Å². The van der Waals surface area contributed by atoms with Crippen LogP contribution in [0.1, 0.15) is 17.3 Å². The number of carbonyl (C=O) groups is 1. The Balaban J connectivity index is 2.95. The number of esters is 1. The van der Waals surface area contributed by atoms with E-state index in [2.05, 4.69) is 4.98 Å². The van der Waals surface area contributed by atoms with Crippen LogP contribution in [-0.2, 0) is 4.74 Å². The molecular weight excluding hydrogens is 192 g/mol. The first-order chi connectivity index (χ1) is 6.15. The average molecular weight is 201 g/mol. The van der Waals surface area contributed by atoms with Gasteiger partial charge >= 0.3 is 5.97 Å². The van der Waals surface area contributed by atoms with Crippen molar-refractivity contribution in [3.05, 3.63) is 22.8 Å². The van der Waals surface area contributed by atoms with Crippen molar-refractivity contribution in [2.45, 2.75) is 6.92 Å². The van der Waals surface area contributed by atoms with E-state index in [0.29, 0.717) is 6.61 Å². The van der Waals surface area contributed by atoms with E-state index in [1.165, 1.54) is 12.1 Å². The zero-order chi connectivity index (χ0) is 9.84. The molecule has 1 aromatic heterocycles. The fraction of sp³-hybridized carbons (Fsp3) is 0.250. The van der Waals surface area contributed by atoms with Gasteiger partial charge in [-0.15, -0.1) is 0 Å². The van der Waals surface area contributed by atoms with Gasteiger partial charge in [-0.1, -0.05) is 11.6 Å². The molecule has 5 heteroatoms. The van der Waals surface area contributed by atoms with Crippen LogP contribution < -0.4 is 5.73 Å². The van der Waals surface area contributed by atoms with Gasteiger partial charge in [0.05, 0.1) is 12.2 Å². The fourth-order valence-electron chi connectivity index (χ4n) is 0.809. The number of nitrogens with two attached hydrogens (primary N) is 1. The molecule has 0 saturated carbocycles. The predicted octanol–water partition coefficient (Wildman–Crippen LogP) is 1.49. The minimum atomic E-state index is -0.486. The first-order valence-electron chi connectivity index (χ1n) is 3.74. The Labute approximate surface area is 80.7 Å². The van der Waals surface area contributed by atoms with E-state index >= 15 is 0 Å². The van der Waals surface area contributed by atoms with Gasteiger partial charge in [-0.25, -0.2) is 9.78 Å². The summed E-state index contributed by atoms with van der Waals surface area (Å²) in [7, 11) is 0. The first-order valence-corrected chi connectivity index (χ1v) is 4.12. The molecule has 70 valence electrons. The fourth-order valence-corrected chi connectivity index (χ4v) is 1.05. The lowest BCUT2D eigenvalue weighted by atomic mass is 10.3. The molecule has 0 atom stereocenters. The van der Waals surface area contributed by atoms with E-state index in [1.54, 1.807) is 6.92 Å². The molecule has 4 nitrogen and oxygen atoms in total. The van der Waals surface area contributed by atoms with Gasteiger partial charge in [-0.2, -0.15) is 0 Å². The summed E-state index contributed by atoms with van der Waals surface area (Å²) < 4.78 is 4.74. The van der Waals surface area contributed by atoms with Crippen molar-refractivity contribution < 1.29 is 9.53 Å². The predicted molar refractivity (Wildman–Crippen MR) is 49.6 cm³/mol. The summed E-state index contributed by atoms with van der Waals surface area (Å²) >= 11 is 5.67. The van der Waals surface area contributed by atoms with E-state index in [0.717, 1.165) is 0 Å². The monoisotopic (exact) mass is 200 g/mol. The number of anilines is 1. The lowest BCUT2D eigenvalue weighted by Gasteiger charge is -2.03. The number of hydrogen-bond donors (Lipinski definition) is 1. The van der Waals surface area contributed by atoms with Crippen LogP contribution in [0.15, 0.2) is 12.1 Å². The number of carbonyl (C=O) groups excluding carboxylic acids is 1. The largest absolute Gasteiger partial charge is 0.462 e. The maximum Gasteiger partial charge on any atom is 0.341 e. The Morgan fingerprint density at radius 1 is 1.69 bits per heavy atom. The number of nitrogens with zero attached hydrogens (tertiary/aromatic N) is 1. The minimum absolute atomic E-state index is 0.0680. The molecule has 0 amide bonds. The summed E-state index contributed by atoms with van der Waals surface area (Å²) in [5.74, 6) is -0.210. The molecule has 13 heavy (non-hydrogen) atoms. The molecule has 1 rings (SSSR count). The molecule has 1 aromatic rings. The van der Waals surface area contributed by atoms with Crippen molar-refractivity contribution in [3.63, 3.8) is 0 Å². The second kappa shape index (κ2) is 4.09. The van der Waals surface area contributed by atoms with Crippen LogP contribution >= 0.6 is 11.6 Å². The van der Waals surface area contributed by atoms with Crippen molar-refractivity contribution in [3.8, 4) is 0 Å². The molecule has 0 aromatic carbocycles. The lowest BCUT2D eigenvalue weighted by molar-refractivity contribution is 0.0526. The number of halogens is 1. The number of nitrogen functional groups attached to an aromatic ring is 1. The number of aromatic nitrogens is 1. The molecule has 0 aliphatic carbocycles. The van der Waals surface area contributed by atoms with Crippen molar-refractivity contribution in [1.29, 1.82) is 0 Å². The Morgan fingerprint density at radius 3 is 2.92 bits per heavy atom. The van der Waals surface area contributed by atoms with Gasteiger partial charge in [0.25, 0.3) is 0 Å². The Kier molecular flexibility index (Phi) is 3.08. The number of ether oxygens (including phenoxy) is 1. The van der Waals surface area contributed by atoms with Crippen LogP contribution in [0.5, 0.6) is 0 Å². The van der Waals surface area contributed by atoms with Gasteiger partial charge < -0.3 is 10.5 Å². The second-order valence-electron chi connectivity index (χ2n) is 2.29. The molecular formula is C8H9ClN2O2. The van der Waals surface area contributed by atoms with Gasteiger partial charge in [0.2, 0.25) is 0 Å². The van der Waals surface area contributed by atoms with Crippen LogP contribution in [-0.4, -0.2) is 17.6 Å². The Hall–Kier alpha value is -1.29. The van der Waals surface area contributed by atoms with Crippen molar-refractivity contribution >= 4 is 23.4 Å². The van der Waals surface area contributed by atoms with E-state index in [1.807, 2.05) is 0 Å². The summed E-state index contributed by atoms with van der Waals surface area (Å²) in [6.45, 7) is 2.02. The lowest BCUT2D eigenvalue weighted by Crippen LogP contribution is -2.06. The first kappa shape index (κ1) is 9.80. The van der Waals surface area contributed by atoms with Crippen LogP contribution in [0.3, 0.4) is 0 Å². The Morgan fingerprint density at radius 2 is 2.38 bits per heavy atom. The number of pyridine rings is 1. The molecule has 0 aliphatic rings. The summed E-state index contributed by atoms with van der Waals surface area (Å²) in [5.41, 5.74) is 5.59. The normalized spacial score (nSPS) is 9.69. The molecule has 2 N–H and O–H groups in total. The van der Waals surface area contributed by atoms with Crippen LogP contribution in [0.2, 0.25) is 5.15 Å². The quantitative estimate of drug-likeness (QED) is 0.580. The molecule has 1 heterocycles. The van der Waals surface area contributed by atoms with E-state index in [9.17, 15) is 4.79 Å². The van der Waals surface area contributed by atoms with Crippen LogP contribution in [0, 0.1) is 0 Å². The number of rotatable bonds is 2. The molecule has 0 aliphatic heterocycles. The van der Waals surface area contributed by atoms with Crippen molar-refractivity contribution in [1.82, 2.24) is 4.98 Å². The van der Waals surface area contributed by atoms with Gasteiger partial charge in [-0.3, -0.25) is 0 Å². The molecule has 0 saturated heterocycles. The maximum atomic E-state index is 11.2. The third kappa shape index (κ3) is 2.32. The minimum Gasteiger partial charge on any atom is -0.462 e. The molecule has 0 spiro atoms. The van der Waals surface area contributed by atoms with Crippen LogP contribution in [0.4, 0.5) is 5.82 Å². The van der Waals surface area contributed by atoms with Gasteiger partial charge in [-0.05, 0) is 19.1 Å². The summed E-state index contributed by atoms with van der Waals surface area (Å²) in [6.07, 6.45) is 0. The van der Waals surface area contributed by atoms with Crippen LogP contribution in [0.25, 0.3) is 0 Å². The highest BCUT2D eigenvalue weighted by Crippen LogP contribution is 2.15. The second-order valence-corrected chi connectivity index (χ2v) is 2.65. The number of hydrogen-bond acceptors (Lipinski definition) is 4. The van der Waals surface area contributed by atoms with Crippen molar-refractivity contribution in [2.75, 3.05) is 12.3 Å². The standard InChI is InChI=1S/C8H9ClN2O2/c1-2-13-8(12)5-3-4-6(10)11-7(5)9/h3-4H,2H2,1H3,(H2,10,11). The Bertz CT molecular complexity index is 328. The molecule has 0 bridgehead atoms. The third-order valence-electron chi connectivity index (χ3n) is 1.37. The van der Waals surface area contributed by atoms with Gasteiger partial charge in [0.15, 0.2) is 0 Å². The van der Waals surface area contributed by atoms with Gasteiger partial charge in [0, 0.05) is 0 Å². The van der Waals surface area contributed by atoms with E-state index < -0.39 is 5.97 Å². The third-order valence-corrected chi connectivity index (χ3v) is 1.65.